The molecule has 1 aliphatic heterocycles. The molecule has 1 aliphatic rings. The molecule has 1 fully saturated rings. The molecule has 3 rings (SSSR count). The van der Waals surface area contributed by atoms with E-state index in [9.17, 15) is 14.4 Å². The molecule has 2 amide bonds. The Morgan fingerprint density at radius 3 is 2.81 bits per heavy atom. The Bertz CT molecular complexity index is 818. The van der Waals surface area contributed by atoms with Crippen molar-refractivity contribution >= 4 is 23.6 Å². The fraction of sp³-hybridized carbons (Fsp3) is 0.368. The van der Waals surface area contributed by atoms with E-state index < -0.39 is 24.4 Å². The van der Waals surface area contributed by atoms with Crippen LogP contribution in [-0.4, -0.2) is 47.5 Å². The van der Waals surface area contributed by atoms with Gasteiger partial charge in [0.2, 0.25) is 5.91 Å². The molecular weight excluding hydrogens is 350 g/mol. The van der Waals surface area contributed by atoms with Crippen molar-refractivity contribution in [1.82, 2.24) is 10.1 Å². The second kappa shape index (κ2) is 8.48. The summed E-state index contributed by atoms with van der Waals surface area (Å²) < 4.78 is 9.87. The Balaban J connectivity index is 1.42. The molecule has 2 aromatic rings. The lowest BCUT2D eigenvalue weighted by molar-refractivity contribution is -0.151. The molecule has 8 heteroatoms. The topological polar surface area (TPSA) is 102 Å². The Morgan fingerprint density at radius 1 is 1.33 bits per heavy atom. The zero-order valence-corrected chi connectivity index (χ0v) is 15.0. The number of hydrogen-bond acceptors (Lipinski definition) is 6. The van der Waals surface area contributed by atoms with E-state index in [2.05, 4.69) is 10.5 Å². The van der Waals surface area contributed by atoms with Gasteiger partial charge in [0.1, 0.15) is 5.76 Å². The van der Waals surface area contributed by atoms with Gasteiger partial charge in [0.25, 0.3) is 5.91 Å². The van der Waals surface area contributed by atoms with Crippen molar-refractivity contribution in [2.75, 3.05) is 25.0 Å². The Labute approximate surface area is 156 Å². The van der Waals surface area contributed by atoms with Crippen LogP contribution in [0.25, 0.3) is 0 Å². The lowest BCUT2D eigenvalue weighted by Gasteiger charge is -2.16. The first-order valence-electron chi connectivity index (χ1n) is 8.73. The smallest absolute Gasteiger partial charge is 0.311 e. The minimum atomic E-state index is -0.546. The highest BCUT2D eigenvalue weighted by molar-refractivity contribution is 5.93. The number of benzene rings is 1. The highest BCUT2D eigenvalue weighted by Gasteiger charge is 2.35. The number of aromatic nitrogens is 1. The van der Waals surface area contributed by atoms with E-state index in [0.29, 0.717) is 18.8 Å². The van der Waals surface area contributed by atoms with Crippen molar-refractivity contribution in [3.63, 3.8) is 0 Å². The first kappa shape index (κ1) is 18.6. The molecule has 1 aromatic heterocycles. The minimum absolute atomic E-state index is 0.0737. The molecule has 0 saturated carbocycles. The van der Waals surface area contributed by atoms with E-state index >= 15 is 0 Å². The molecule has 2 heterocycles. The van der Waals surface area contributed by atoms with Crippen molar-refractivity contribution in [2.45, 2.75) is 19.8 Å². The zero-order chi connectivity index (χ0) is 19.2. The third-order valence-electron chi connectivity index (χ3n) is 4.30. The number of hydrogen-bond donors (Lipinski definition) is 1. The largest absolute Gasteiger partial charge is 0.455 e. The van der Waals surface area contributed by atoms with Crippen LogP contribution < -0.4 is 5.32 Å². The molecule has 0 radical (unpaired) electrons. The molecule has 142 valence electrons. The number of carbonyl (C=O) groups is 3. The quantitative estimate of drug-likeness (QED) is 0.741. The third kappa shape index (κ3) is 5.16. The number of rotatable bonds is 7. The van der Waals surface area contributed by atoms with Gasteiger partial charge in [-0.1, -0.05) is 35.5 Å². The number of nitrogens with zero attached hydrogens (tertiary/aromatic N) is 2. The number of likely N-dealkylation sites (tertiary alicyclic amines) is 1. The summed E-state index contributed by atoms with van der Waals surface area (Å²) >= 11 is 0. The fourth-order valence-electron chi connectivity index (χ4n) is 2.91. The van der Waals surface area contributed by atoms with E-state index in [0.717, 1.165) is 12.0 Å². The summed E-state index contributed by atoms with van der Waals surface area (Å²) in [5.41, 5.74) is 1.14. The van der Waals surface area contributed by atoms with Crippen LogP contribution in [0.5, 0.6) is 0 Å². The van der Waals surface area contributed by atoms with Gasteiger partial charge in [-0.15, -0.1) is 0 Å². The molecule has 1 atom stereocenters. The van der Waals surface area contributed by atoms with E-state index in [-0.39, 0.29) is 18.1 Å². The summed E-state index contributed by atoms with van der Waals surface area (Å²) in [6.45, 7) is 2.13. The third-order valence-corrected chi connectivity index (χ3v) is 4.30. The van der Waals surface area contributed by atoms with Crippen LogP contribution in [0.2, 0.25) is 0 Å². The van der Waals surface area contributed by atoms with Crippen LogP contribution in [0.15, 0.2) is 40.9 Å². The molecule has 1 N–H and O–H groups in total. The second-order valence-corrected chi connectivity index (χ2v) is 6.46. The van der Waals surface area contributed by atoms with Crippen LogP contribution in [0.3, 0.4) is 0 Å². The summed E-state index contributed by atoms with van der Waals surface area (Å²) in [4.78, 5) is 37.7. The first-order valence-corrected chi connectivity index (χ1v) is 8.73. The predicted molar refractivity (Wildman–Crippen MR) is 95.7 cm³/mol. The van der Waals surface area contributed by atoms with Gasteiger partial charge in [-0.3, -0.25) is 14.4 Å². The number of aryl methyl sites for hydroxylation is 1. The SMILES string of the molecule is Cc1cc(NC(=O)COC(=O)[C@@H]2CC(=O)N(CCc3ccccc3)C2)no1. The molecule has 1 aromatic carbocycles. The van der Waals surface area contributed by atoms with Crippen LogP contribution in [-0.2, 0) is 25.5 Å². The van der Waals surface area contributed by atoms with Crippen LogP contribution in [0.1, 0.15) is 17.7 Å². The molecule has 8 nitrogen and oxygen atoms in total. The molecule has 27 heavy (non-hydrogen) atoms. The number of carbonyl (C=O) groups excluding carboxylic acids is 3. The Morgan fingerprint density at radius 2 is 2.11 bits per heavy atom. The van der Waals surface area contributed by atoms with Crippen LogP contribution in [0.4, 0.5) is 5.82 Å². The molecule has 0 aliphatic carbocycles. The molecule has 0 bridgehead atoms. The summed E-state index contributed by atoms with van der Waals surface area (Å²) in [6, 6.07) is 11.4. The average molecular weight is 371 g/mol. The zero-order valence-electron chi connectivity index (χ0n) is 15.0. The molecule has 1 saturated heterocycles. The lowest BCUT2D eigenvalue weighted by atomic mass is 10.1. The first-order chi connectivity index (χ1) is 13.0. The highest BCUT2D eigenvalue weighted by Crippen LogP contribution is 2.19. The number of esters is 1. The highest BCUT2D eigenvalue weighted by atomic mass is 16.5. The van der Waals surface area contributed by atoms with Crippen molar-refractivity contribution in [3.8, 4) is 0 Å². The maximum absolute atomic E-state index is 12.2. The summed E-state index contributed by atoms with van der Waals surface area (Å²) in [5.74, 6) is -0.858. The maximum atomic E-state index is 12.2. The standard InChI is InChI=1S/C19H21N3O5/c1-13-9-16(21-27-13)20-17(23)12-26-19(25)15-10-18(24)22(11-15)8-7-14-5-3-2-4-6-14/h2-6,9,15H,7-8,10-12H2,1H3,(H,20,21,23)/t15-/m1/s1. The molecule has 0 spiro atoms. The van der Waals surface area contributed by atoms with Crippen molar-refractivity contribution in [2.24, 2.45) is 5.92 Å². The van der Waals surface area contributed by atoms with Gasteiger partial charge in [0.15, 0.2) is 12.4 Å². The fourth-order valence-corrected chi connectivity index (χ4v) is 2.91. The van der Waals surface area contributed by atoms with Gasteiger partial charge >= 0.3 is 5.97 Å². The number of nitrogens with one attached hydrogen (secondary N) is 1. The van der Waals surface area contributed by atoms with E-state index in [4.69, 9.17) is 9.26 Å². The summed E-state index contributed by atoms with van der Waals surface area (Å²) in [6.07, 6.45) is 0.839. The van der Waals surface area contributed by atoms with E-state index in [1.54, 1.807) is 17.9 Å². The van der Waals surface area contributed by atoms with Gasteiger partial charge in [-0.05, 0) is 18.9 Å². The van der Waals surface area contributed by atoms with Crippen LogP contribution >= 0.6 is 0 Å². The number of anilines is 1. The van der Waals surface area contributed by atoms with E-state index in [1.165, 1.54) is 0 Å². The Hall–Kier alpha value is -3.16. The maximum Gasteiger partial charge on any atom is 0.311 e. The van der Waals surface area contributed by atoms with Gasteiger partial charge in [0, 0.05) is 25.6 Å². The Kier molecular flexibility index (Phi) is 5.85. The number of ether oxygens (including phenoxy) is 1. The van der Waals surface area contributed by atoms with Crippen LogP contribution in [0, 0.1) is 12.8 Å². The summed E-state index contributed by atoms with van der Waals surface area (Å²) in [7, 11) is 0. The molecular formula is C19H21N3O5. The molecule has 0 unspecified atom stereocenters. The number of amides is 2. The lowest BCUT2D eigenvalue weighted by Crippen LogP contribution is -2.29. The second-order valence-electron chi connectivity index (χ2n) is 6.46. The summed E-state index contributed by atoms with van der Waals surface area (Å²) in [5, 5.41) is 6.09. The van der Waals surface area contributed by atoms with E-state index in [1.807, 2.05) is 30.3 Å². The van der Waals surface area contributed by atoms with Gasteiger partial charge < -0.3 is 19.5 Å². The van der Waals surface area contributed by atoms with Crippen molar-refractivity contribution < 1.29 is 23.6 Å². The predicted octanol–water partition coefficient (Wildman–Crippen LogP) is 1.56. The monoisotopic (exact) mass is 371 g/mol. The van der Waals surface area contributed by atoms with Gasteiger partial charge in [-0.2, -0.15) is 0 Å². The van der Waals surface area contributed by atoms with Gasteiger partial charge in [0.05, 0.1) is 5.92 Å². The normalized spacial score (nSPS) is 16.4. The van der Waals surface area contributed by atoms with Crippen molar-refractivity contribution in [1.29, 1.82) is 0 Å². The van der Waals surface area contributed by atoms with Crippen molar-refractivity contribution in [3.05, 3.63) is 47.7 Å². The van der Waals surface area contributed by atoms with Gasteiger partial charge in [-0.25, -0.2) is 0 Å². The minimum Gasteiger partial charge on any atom is -0.455 e. The average Bonchev–Trinajstić information content (AvgIpc) is 3.24.